The van der Waals surface area contributed by atoms with E-state index >= 15 is 0 Å². The van der Waals surface area contributed by atoms with E-state index in [0.717, 1.165) is 29.7 Å². The molecule has 1 saturated heterocycles. The largest absolute Gasteiger partial charge is 0.489 e. The Balaban J connectivity index is 1.39. The standard InChI is InChI=1S/C31H27FN4O3/c32-26-12-8-22(9-13-26)21-39-28-14-10-23(11-15-28)30-25(20-36(35-30)27-5-2-1-3-6-27)17-24(18-33)31(37)34-19-29-7-4-16-38-29/h1-3,5-6,8-15,17,20,29H,4,7,16,19,21H2,(H,34,37)/b24-17+/t29-/m1/s1. The number of para-hydroxylation sites is 1. The zero-order valence-corrected chi connectivity index (χ0v) is 21.2. The fourth-order valence-electron chi connectivity index (χ4n) is 4.30. The molecular weight excluding hydrogens is 495 g/mol. The smallest absolute Gasteiger partial charge is 0.262 e. The second-order valence-electron chi connectivity index (χ2n) is 9.17. The van der Waals surface area contributed by atoms with Gasteiger partial charge in [0.05, 0.1) is 17.5 Å². The summed E-state index contributed by atoms with van der Waals surface area (Å²) < 4.78 is 26.3. The Kier molecular flexibility index (Phi) is 8.10. The lowest BCUT2D eigenvalue weighted by molar-refractivity contribution is -0.117. The van der Waals surface area contributed by atoms with E-state index in [1.54, 1.807) is 29.1 Å². The molecule has 4 aromatic rings. The third-order valence-electron chi connectivity index (χ3n) is 6.39. The van der Waals surface area contributed by atoms with Crippen LogP contribution >= 0.6 is 0 Å². The first-order valence-electron chi connectivity index (χ1n) is 12.7. The number of benzene rings is 3. The van der Waals surface area contributed by atoms with Crippen LogP contribution in [0.1, 0.15) is 24.0 Å². The van der Waals surface area contributed by atoms with Crippen LogP contribution in [0.15, 0.2) is 90.6 Å². The maximum Gasteiger partial charge on any atom is 0.262 e. The van der Waals surface area contributed by atoms with Crippen LogP contribution in [0, 0.1) is 17.1 Å². The Morgan fingerprint density at radius 1 is 1.13 bits per heavy atom. The Labute approximate surface area is 226 Å². The number of aromatic nitrogens is 2. The molecule has 39 heavy (non-hydrogen) atoms. The first-order valence-corrected chi connectivity index (χ1v) is 12.7. The number of nitrogens with zero attached hydrogens (tertiary/aromatic N) is 3. The maximum absolute atomic E-state index is 13.1. The third-order valence-corrected chi connectivity index (χ3v) is 6.39. The Morgan fingerprint density at radius 2 is 1.90 bits per heavy atom. The Bertz CT molecular complexity index is 1480. The minimum Gasteiger partial charge on any atom is -0.489 e. The van der Waals surface area contributed by atoms with Gasteiger partial charge in [-0.15, -0.1) is 0 Å². The van der Waals surface area contributed by atoms with Crippen molar-refractivity contribution in [1.82, 2.24) is 15.1 Å². The SMILES string of the molecule is N#C/C(=C\c1cn(-c2ccccc2)nc1-c1ccc(OCc2ccc(F)cc2)cc1)C(=O)NC[C@H]1CCCO1. The van der Waals surface area contributed by atoms with Crippen LogP contribution in [0.25, 0.3) is 23.0 Å². The molecular formula is C31H27FN4O3. The highest BCUT2D eigenvalue weighted by molar-refractivity contribution is 6.02. The summed E-state index contributed by atoms with van der Waals surface area (Å²) in [7, 11) is 0. The van der Waals surface area contributed by atoms with Crippen molar-refractivity contribution in [3.8, 4) is 28.8 Å². The van der Waals surface area contributed by atoms with Gasteiger partial charge in [0, 0.05) is 30.5 Å². The van der Waals surface area contributed by atoms with Crippen molar-refractivity contribution in [2.45, 2.75) is 25.6 Å². The quantitative estimate of drug-likeness (QED) is 0.233. The number of amides is 1. The zero-order valence-electron chi connectivity index (χ0n) is 21.2. The molecule has 5 rings (SSSR count). The number of carbonyl (C=O) groups is 1. The van der Waals surface area contributed by atoms with Gasteiger partial charge < -0.3 is 14.8 Å². The highest BCUT2D eigenvalue weighted by Crippen LogP contribution is 2.28. The highest BCUT2D eigenvalue weighted by atomic mass is 19.1. The molecule has 1 atom stereocenters. The van der Waals surface area contributed by atoms with Crippen molar-refractivity contribution in [3.63, 3.8) is 0 Å². The summed E-state index contributed by atoms with van der Waals surface area (Å²) in [6, 6.07) is 25.2. The van der Waals surface area contributed by atoms with Crippen LogP contribution < -0.4 is 10.1 Å². The maximum atomic E-state index is 13.1. The van der Waals surface area contributed by atoms with Crippen LogP contribution in [0.3, 0.4) is 0 Å². The molecule has 196 valence electrons. The minimum atomic E-state index is -0.448. The molecule has 0 radical (unpaired) electrons. The van der Waals surface area contributed by atoms with Crippen molar-refractivity contribution in [3.05, 3.63) is 108 Å². The van der Waals surface area contributed by atoms with Gasteiger partial charge in [0.2, 0.25) is 0 Å². The van der Waals surface area contributed by atoms with E-state index in [1.165, 1.54) is 12.1 Å². The summed E-state index contributed by atoms with van der Waals surface area (Å²) in [5.41, 5.74) is 3.73. The lowest BCUT2D eigenvalue weighted by atomic mass is 10.1. The number of carbonyl (C=O) groups excluding carboxylic acids is 1. The van der Waals surface area contributed by atoms with Crippen LogP contribution in [-0.4, -0.2) is 34.9 Å². The molecule has 1 aliphatic rings. The van der Waals surface area contributed by atoms with Crippen LogP contribution in [-0.2, 0) is 16.1 Å². The number of rotatable bonds is 9. The monoisotopic (exact) mass is 522 g/mol. The average Bonchev–Trinajstić information content (AvgIpc) is 3.65. The molecule has 7 nitrogen and oxygen atoms in total. The molecule has 0 aliphatic carbocycles. The van der Waals surface area contributed by atoms with Gasteiger partial charge in [0.25, 0.3) is 5.91 Å². The topological polar surface area (TPSA) is 89.2 Å². The summed E-state index contributed by atoms with van der Waals surface area (Å²) >= 11 is 0. The molecule has 0 unspecified atom stereocenters. The number of hydrogen-bond donors (Lipinski definition) is 1. The zero-order chi connectivity index (χ0) is 27.0. The predicted molar refractivity (Wildman–Crippen MR) is 145 cm³/mol. The molecule has 0 spiro atoms. The summed E-state index contributed by atoms with van der Waals surface area (Å²) in [4.78, 5) is 12.8. The van der Waals surface area contributed by atoms with Gasteiger partial charge >= 0.3 is 0 Å². The molecule has 0 bridgehead atoms. The number of nitriles is 1. The summed E-state index contributed by atoms with van der Waals surface area (Å²) in [6.07, 6.45) is 5.21. The third kappa shape index (κ3) is 6.58. The van der Waals surface area contributed by atoms with Crippen LogP contribution in [0.4, 0.5) is 4.39 Å². The van der Waals surface area contributed by atoms with Gasteiger partial charge in [0.1, 0.15) is 29.8 Å². The molecule has 1 N–H and O–H groups in total. The lowest BCUT2D eigenvalue weighted by Gasteiger charge is -2.10. The van der Waals surface area contributed by atoms with E-state index in [-0.39, 0.29) is 17.5 Å². The Hall–Kier alpha value is -4.74. The van der Waals surface area contributed by atoms with Gasteiger partial charge in [-0.3, -0.25) is 4.79 Å². The fourth-order valence-corrected chi connectivity index (χ4v) is 4.30. The predicted octanol–water partition coefficient (Wildman–Crippen LogP) is 5.46. The number of halogens is 1. The van der Waals surface area contributed by atoms with E-state index < -0.39 is 5.91 Å². The van der Waals surface area contributed by atoms with Gasteiger partial charge in [-0.05, 0) is 73.0 Å². The normalized spacial score (nSPS) is 15.1. The van der Waals surface area contributed by atoms with E-state index in [1.807, 2.05) is 60.7 Å². The minimum absolute atomic E-state index is 0.0129. The average molecular weight is 523 g/mol. The molecule has 1 fully saturated rings. The number of ether oxygens (including phenoxy) is 2. The van der Waals surface area contributed by atoms with Crippen molar-refractivity contribution in [2.75, 3.05) is 13.2 Å². The molecule has 3 aromatic carbocycles. The molecule has 1 aromatic heterocycles. The van der Waals surface area contributed by atoms with E-state index in [0.29, 0.717) is 36.8 Å². The molecule has 1 amide bonds. The van der Waals surface area contributed by atoms with Crippen molar-refractivity contribution in [1.29, 1.82) is 5.26 Å². The van der Waals surface area contributed by atoms with Crippen LogP contribution in [0.5, 0.6) is 5.75 Å². The van der Waals surface area contributed by atoms with Gasteiger partial charge in [-0.25, -0.2) is 9.07 Å². The van der Waals surface area contributed by atoms with Gasteiger partial charge in [-0.2, -0.15) is 10.4 Å². The molecule has 1 aliphatic heterocycles. The second-order valence-corrected chi connectivity index (χ2v) is 9.17. The molecule has 0 saturated carbocycles. The van der Waals surface area contributed by atoms with Crippen molar-refractivity contribution >= 4 is 12.0 Å². The van der Waals surface area contributed by atoms with E-state index in [2.05, 4.69) is 5.32 Å². The lowest BCUT2D eigenvalue weighted by Crippen LogP contribution is -2.32. The van der Waals surface area contributed by atoms with Gasteiger partial charge in [0.15, 0.2) is 0 Å². The molecule has 2 heterocycles. The summed E-state index contributed by atoms with van der Waals surface area (Å²) in [6.45, 7) is 1.37. The fraction of sp³-hybridized carbons (Fsp3) is 0.194. The summed E-state index contributed by atoms with van der Waals surface area (Å²) in [5, 5.41) is 17.3. The first kappa shape index (κ1) is 25.9. The first-order chi connectivity index (χ1) is 19.1. The summed E-state index contributed by atoms with van der Waals surface area (Å²) in [5.74, 6) is -0.0902. The van der Waals surface area contributed by atoms with Crippen molar-refractivity contribution in [2.24, 2.45) is 0 Å². The van der Waals surface area contributed by atoms with Crippen LogP contribution in [0.2, 0.25) is 0 Å². The van der Waals surface area contributed by atoms with E-state index in [9.17, 15) is 14.4 Å². The number of hydrogen-bond acceptors (Lipinski definition) is 5. The second kappa shape index (κ2) is 12.2. The van der Waals surface area contributed by atoms with E-state index in [4.69, 9.17) is 14.6 Å². The van der Waals surface area contributed by atoms with Gasteiger partial charge in [-0.1, -0.05) is 30.3 Å². The Morgan fingerprint density at radius 3 is 2.59 bits per heavy atom. The van der Waals surface area contributed by atoms with Crippen molar-refractivity contribution < 1.29 is 18.7 Å². The molecule has 8 heteroatoms. The number of nitrogens with one attached hydrogen (secondary N) is 1. The highest BCUT2D eigenvalue weighted by Gasteiger charge is 2.19.